The first kappa shape index (κ1) is 16.7. The van der Waals surface area contributed by atoms with Gasteiger partial charge in [-0.05, 0) is 25.0 Å². The summed E-state index contributed by atoms with van der Waals surface area (Å²) in [5.41, 5.74) is 1.13. The molecular formula is C17H22N4O2. The van der Waals surface area contributed by atoms with E-state index >= 15 is 0 Å². The third-order valence-corrected chi connectivity index (χ3v) is 3.04. The fraction of sp³-hybridized carbons (Fsp3) is 0.353. The van der Waals surface area contributed by atoms with Crippen molar-refractivity contribution in [1.29, 1.82) is 0 Å². The van der Waals surface area contributed by atoms with Gasteiger partial charge in [0.05, 0.1) is 17.9 Å². The Hall–Kier alpha value is -2.63. The molecule has 0 aliphatic carbocycles. The number of nitrogens with zero attached hydrogens (tertiary/aromatic N) is 2. The standard InChI is InChI=1S/C17H22N4O2/c1-4-23-17(22)13-7-5-6-8-14(13)21-16-9-15(19-11-20-16)18-10-12(2)3/h5-9,11-12H,4,10H2,1-3H3,(H2,18,19,20,21). The molecule has 0 amide bonds. The van der Waals surface area contributed by atoms with Crippen molar-refractivity contribution in [2.45, 2.75) is 20.8 Å². The normalized spacial score (nSPS) is 10.4. The van der Waals surface area contributed by atoms with Gasteiger partial charge in [-0.25, -0.2) is 14.8 Å². The fourth-order valence-electron chi connectivity index (χ4n) is 1.95. The van der Waals surface area contributed by atoms with Gasteiger partial charge in [0, 0.05) is 12.6 Å². The summed E-state index contributed by atoms with van der Waals surface area (Å²) in [6.45, 7) is 7.21. The van der Waals surface area contributed by atoms with Crippen LogP contribution in [0, 0.1) is 5.92 Å². The zero-order valence-corrected chi connectivity index (χ0v) is 13.7. The Labute approximate surface area is 136 Å². The molecule has 0 bridgehead atoms. The van der Waals surface area contributed by atoms with E-state index < -0.39 is 0 Å². The van der Waals surface area contributed by atoms with Crippen LogP contribution in [0.2, 0.25) is 0 Å². The first-order valence-corrected chi connectivity index (χ1v) is 7.69. The highest BCUT2D eigenvalue weighted by atomic mass is 16.5. The van der Waals surface area contributed by atoms with Gasteiger partial charge in [-0.1, -0.05) is 26.0 Å². The van der Waals surface area contributed by atoms with Gasteiger partial charge in [0.25, 0.3) is 0 Å². The SMILES string of the molecule is CCOC(=O)c1ccccc1Nc1cc(NCC(C)C)ncn1. The average Bonchev–Trinajstić information content (AvgIpc) is 2.54. The van der Waals surface area contributed by atoms with E-state index in [1.165, 1.54) is 6.33 Å². The second-order valence-electron chi connectivity index (χ2n) is 5.45. The number of nitrogens with one attached hydrogen (secondary N) is 2. The average molecular weight is 314 g/mol. The maximum absolute atomic E-state index is 12.0. The smallest absolute Gasteiger partial charge is 0.340 e. The van der Waals surface area contributed by atoms with Crippen LogP contribution in [0.15, 0.2) is 36.7 Å². The van der Waals surface area contributed by atoms with E-state index in [-0.39, 0.29) is 5.97 Å². The molecule has 2 N–H and O–H groups in total. The molecule has 6 nitrogen and oxygen atoms in total. The zero-order chi connectivity index (χ0) is 16.7. The Balaban J connectivity index is 2.16. The molecule has 2 rings (SSSR count). The molecule has 2 aromatic rings. The number of carbonyl (C=O) groups excluding carboxylic acids is 1. The van der Waals surface area contributed by atoms with Crippen LogP contribution in [0.4, 0.5) is 17.3 Å². The van der Waals surface area contributed by atoms with Gasteiger partial charge in [0.2, 0.25) is 0 Å². The van der Waals surface area contributed by atoms with Crippen molar-refractivity contribution in [3.8, 4) is 0 Å². The van der Waals surface area contributed by atoms with Gasteiger partial charge in [-0.3, -0.25) is 0 Å². The quantitative estimate of drug-likeness (QED) is 0.762. The Bertz CT molecular complexity index is 659. The Morgan fingerprint density at radius 3 is 2.70 bits per heavy atom. The molecule has 0 unspecified atom stereocenters. The number of carbonyl (C=O) groups is 1. The number of hydrogen-bond acceptors (Lipinski definition) is 6. The fourth-order valence-corrected chi connectivity index (χ4v) is 1.95. The first-order valence-electron chi connectivity index (χ1n) is 7.69. The van der Waals surface area contributed by atoms with E-state index in [9.17, 15) is 4.79 Å². The lowest BCUT2D eigenvalue weighted by atomic mass is 10.2. The number of ether oxygens (including phenoxy) is 1. The largest absolute Gasteiger partial charge is 0.462 e. The van der Waals surface area contributed by atoms with Crippen molar-refractivity contribution in [2.75, 3.05) is 23.8 Å². The lowest BCUT2D eigenvalue weighted by Gasteiger charge is -2.12. The van der Waals surface area contributed by atoms with Crippen molar-refractivity contribution >= 4 is 23.3 Å². The summed E-state index contributed by atoms with van der Waals surface area (Å²) in [5, 5.41) is 6.39. The van der Waals surface area contributed by atoms with Gasteiger partial charge >= 0.3 is 5.97 Å². The molecular weight excluding hydrogens is 292 g/mol. The van der Waals surface area contributed by atoms with Crippen LogP contribution in [0.1, 0.15) is 31.1 Å². The molecule has 0 fully saturated rings. The van der Waals surface area contributed by atoms with Crippen LogP contribution < -0.4 is 10.6 Å². The number of rotatable bonds is 7. The van der Waals surface area contributed by atoms with Crippen LogP contribution in [0.5, 0.6) is 0 Å². The van der Waals surface area contributed by atoms with E-state index in [1.54, 1.807) is 19.1 Å². The molecule has 1 aromatic carbocycles. The minimum absolute atomic E-state index is 0.337. The molecule has 0 saturated carbocycles. The summed E-state index contributed by atoms with van der Waals surface area (Å²) >= 11 is 0. The minimum atomic E-state index is -0.359. The molecule has 0 saturated heterocycles. The Kier molecular flexibility index (Phi) is 5.91. The molecule has 0 atom stereocenters. The van der Waals surface area contributed by atoms with E-state index in [2.05, 4.69) is 34.4 Å². The second-order valence-corrected chi connectivity index (χ2v) is 5.45. The summed E-state index contributed by atoms with van der Waals surface area (Å²) < 4.78 is 5.07. The highest BCUT2D eigenvalue weighted by molar-refractivity contribution is 5.96. The van der Waals surface area contributed by atoms with Crippen molar-refractivity contribution < 1.29 is 9.53 Å². The summed E-state index contributed by atoms with van der Waals surface area (Å²) in [6.07, 6.45) is 1.48. The number of benzene rings is 1. The number of aromatic nitrogens is 2. The Morgan fingerprint density at radius 2 is 1.96 bits per heavy atom. The molecule has 1 aromatic heterocycles. The number of hydrogen-bond donors (Lipinski definition) is 2. The molecule has 122 valence electrons. The molecule has 0 spiro atoms. The van der Waals surface area contributed by atoms with Gasteiger partial charge in [0.1, 0.15) is 18.0 Å². The molecule has 23 heavy (non-hydrogen) atoms. The van der Waals surface area contributed by atoms with Crippen molar-refractivity contribution in [1.82, 2.24) is 9.97 Å². The van der Waals surface area contributed by atoms with Crippen LogP contribution in [-0.2, 0) is 4.74 Å². The third kappa shape index (κ3) is 4.95. The lowest BCUT2D eigenvalue weighted by molar-refractivity contribution is 0.0527. The van der Waals surface area contributed by atoms with Crippen LogP contribution in [-0.4, -0.2) is 29.1 Å². The van der Waals surface area contributed by atoms with Crippen molar-refractivity contribution in [2.24, 2.45) is 5.92 Å². The van der Waals surface area contributed by atoms with Gasteiger partial charge < -0.3 is 15.4 Å². The highest BCUT2D eigenvalue weighted by Gasteiger charge is 2.12. The summed E-state index contributed by atoms with van der Waals surface area (Å²) in [7, 11) is 0. The monoisotopic (exact) mass is 314 g/mol. The number of esters is 1. The van der Waals surface area contributed by atoms with Crippen molar-refractivity contribution in [3.63, 3.8) is 0 Å². The van der Waals surface area contributed by atoms with E-state index in [0.29, 0.717) is 29.6 Å². The van der Waals surface area contributed by atoms with Crippen LogP contribution >= 0.6 is 0 Å². The molecule has 6 heteroatoms. The molecule has 0 aliphatic heterocycles. The second kappa shape index (κ2) is 8.12. The third-order valence-electron chi connectivity index (χ3n) is 3.04. The van der Waals surface area contributed by atoms with Crippen LogP contribution in [0.3, 0.4) is 0 Å². The maximum Gasteiger partial charge on any atom is 0.340 e. The number of para-hydroxylation sites is 1. The first-order chi connectivity index (χ1) is 11.1. The van der Waals surface area contributed by atoms with Gasteiger partial charge in [-0.2, -0.15) is 0 Å². The Morgan fingerprint density at radius 1 is 1.22 bits per heavy atom. The maximum atomic E-state index is 12.0. The van der Waals surface area contributed by atoms with Crippen LogP contribution in [0.25, 0.3) is 0 Å². The summed E-state index contributed by atoms with van der Waals surface area (Å²) in [6, 6.07) is 9.00. The summed E-state index contributed by atoms with van der Waals surface area (Å²) in [5.74, 6) is 1.52. The predicted octanol–water partition coefficient (Wildman–Crippen LogP) is 3.46. The lowest BCUT2D eigenvalue weighted by Crippen LogP contribution is -2.10. The summed E-state index contributed by atoms with van der Waals surface area (Å²) in [4.78, 5) is 20.4. The topological polar surface area (TPSA) is 76.1 Å². The van der Waals surface area contributed by atoms with E-state index in [0.717, 1.165) is 12.4 Å². The van der Waals surface area contributed by atoms with E-state index in [4.69, 9.17) is 4.74 Å². The van der Waals surface area contributed by atoms with Gasteiger partial charge in [-0.15, -0.1) is 0 Å². The predicted molar refractivity (Wildman–Crippen MR) is 91.0 cm³/mol. The molecule has 1 heterocycles. The minimum Gasteiger partial charge on any atom is -0.462 e. The van der Waals surface area contributed by atoms with Crippen molar-refractivity contribution in [3.05, 3.63) is 42.2 Å². The molecule has 0 aliphatic rings. The number of anilines is 3. The highest BCUT2D eigenvalue weighted by Crippen LogP contribution is 2.21. The van der Waals surface area contributed by atoms with E-state index in [1.807, 2.05) is 18.2 Å². The van der Waals surface area contributed by atoms with Gasteiger partial charge in [0.15, 0.2) is 0 Å². The molecule has 0 radical (unpaired) electrons. The zero-order valence-electron chi connectivity index (χ0n) is 13.7.